The molecule has 1 aliphatic heterocycles. The first-order valence-electron chi connectivity index (χ1n) is 10.6. The molecule has 0 aliphatic carbocycles. The highest BCUT2D eigenvalue weighted by atomic mass is 32.2. The molecule has 4 heterocycles. The molecular formula is C21H22FN7O2S2. The summed E-state index contributed by atoms with van der Waals surface area (Å²) in [6.07, 6.45) is 0. The van der Waals surface area contributed by atoms with E-state index in [1.165, 1.54) is 45.8 Å². The van der Waals surface area contributed by atoms with Crippen LogP contribution in [0.5, 0.6) is 0 Å². The second-order valence-corrected chi connectivity index (χ2v) is 9.62. The number of fused-ring (bicyclic) bond motifs is 1. The monoisotopic (exact) mass is 487 g/mol. The quantitative estimate of drug-likeness (QED) is 0.367. The van der Waals surface area contributed by atoms with Crippen LogP contribution in [-0.2, 0) is 17.0 Å². The predicted molar refractivity (Wildman–Crippen MR) is 124 cm³/mol. The molecule has 0 radical (unpaired) electrons. The largest absolute Gasteiger partial charge is 0.379 e. The SMILES string of the molecule is Cc1cc(=O)n2nc(CSc3nnc(-c4ccc(F)cc4)n3CCN3CCOCC3)sc2n1. The molecule has 9 nitrogen and oxygen atoms in total. The highest BCUT2D eigenvalue weighted by Crippen LogP contribution is 2.28. The van der Waals surface area contributed by atoms with E-state index < -0.39 is 0 Å². The van der Waals surface area contributed by atoms with Crippen molar-refractivity contribution in [3.05, 3.63) is 57.2 Å². The maximum atomic E-state index is 13.4. The summed E-state index contributed by atoms with van der Waals surface area (Å²) in [5.74, 6) is 0.942. The van der Waals surface area contributed by atoms with Gasteiger partial charge in [-0.15, -0.1) is 10.2 Å². The molecule has 1 fully saturated rings. The minimum atomic E-state index is -0.289. The number of nitrogens with zero attached hydrogens (tertiary/aromatic N) is 7. The first kappa shape index (κ1) is 22.1. The van der Waals surface area contributed by atoms with Crippen molar-refractivity contribution in [1.29, 1.82) is 0 Å². The minimum absolute atomic E-state index is 0.183. The zero-order chi connectivity index (χ0) is 22.8. The minimum Gasteiger partial charge on any atom is -0.379 e. The van der Waals surface area contributed by atoms with Gasteiger partial charge in [-0.2, -0.15) is 9.61 Å². The van der Waals surface area contributed by atoms with E-state index in [9.17, 15) is 9.18 Å². The van der Waals surface area contributed by atoms with Crippen LogP contribution in [0.1, 0.15) is 10.7 Å². The third kappa shape index (κ3) is 4.98. The maximum Gasteiger partial charge on any atom is 0.275 e. The molecular weight excluding hydrogens is 465 g/mol. The second kappa shape index (κ2) is 9.67. The van der Waals surface area contributed by atoms with Gasteiger partial charge in [-0.3, -0.25) is 9.69 Å². The number of morpholine rings is 1. The van der Waals surface area contributed by atoms with E-state index in [-0.39, 0.29) is 11.4 Å². The summed E-state index contributed by atoms with van der Waals surface area (Å²) in [5, 5.41) is 14.8. The van der Waals surface area contributed by atoms with Crippen LogP contribution in [0.25, 0.3) is 16.3 Å². The Labute approximate surface area is 197 Å². The van der Waals surface area contributed by atoms with Crippen molar-refractivity contribution in [3.63, 3.8) is 0 Å². The molecule has 1 saturated heterocycles. The van der Waals surface area contributed by atoms with E-state index in [1.54, 1.807) is 19.1 Å². The van der Waals surface area contributed by atoms with E-state index in [4.69, 9.17) is 4.74 Å². The van der Waals surface area contributed by atoms with Crippen LogP contribution in [0.2, 0.25) is 0 Å². The third-order valence-corrected chi connectivity index (χ3v) is 7.37. The van der Waals surface area contributed by atoms with Crippen molar-refractivity contribution < 1.29 is 9.13 Å². The summed E-state index contributed by atoms with van der Waals surface area (Å²) in [5.41, 5.74) is 1.30. The van der Waals surface area contributed by atoms with Crippen LogP contribution in [0.3, 0.4) is 0 Å². The van der Waals surface area contributed by atoms with E-state index in [2.05, 4.69) is 29.7 Å². The van der Waals surface area contributed by atoms with Gasteiger partial charge in [-0.25, -0.2) is 9.37 Å². The fourth-order valence-corrected chi connectivity index (χ4v) is 5.52. The molecule has 3 aromatic heterocycles. The van der Waals surface area contributed by atoms with Crippen molar-refractivity contribution in [1.82, 2.24) is 34.3 Å². The highest BCUT2D eigenvalue weighted by molar-refractivity contribution is 7.98. The van der Waals surface area contributed by atoms with Gasteiger partial charge in [0.05, 0.1) is 19.0 Å². The number of aromatic nitrogens is 6. The van der Waals surface area contributed by atoms with E-state index >= 15 is 0 Å². The Morgan fingerprint density at radius 1 is 1.15 bits per heavy atom. The Morgan fingerprint density at radius 2 is 1.94 bits per heavy atom. The van der Waals surface area contributed by atoms with Crippen LogP contribution in [0.15, 0.2) is 40.3 Å². The van der Waals surface area contributed by atoms with Gasteiger partial charge >= 0.3 is 0 Å². The second-order valence-electron chi connectivity index (χ2n) is 7.63. The number of rotatable bonds is 7. The van der Waals surface area contributed by atoms with E-state index in [1.807, 2.05) is 0 Å². The fourth-order valence-electron chi connectivity index (χ4n) is 3.62. The zero-order valence-corrected chi connectivity index (χ0v) is 19.6. The van der Waals surface area contributed by atoms with Gasteiger partial charge in [0.25, 0.3) is 5.56 Å². The molecule has 172 valence electrons. The molecule has 33 heavy (non-hydrogen) atoms. The molecule has 1 aliphatic rings. The average Bonchev–Trinajstić information content (AvgIpc) is 3.41. The lowest BCUT2D eigenvalue weighted by molar-refractivity contribution is 0.0361. The highest BCUT2D eigenvalue weighted by Gasteiger charge is 2.18. The summed E-state index contributed by atoms with van der Waals surface area (Å²) in [7, 11) is 0. The van der Waals surface area contributed by atoms with Crippen LogP contribution in [0, 0.1) is 12.7 Å². The fraction of sp³-hybridized carbons (Fsp3) is 0.381. The molecule has 0 spiro atoms. The molecule has 0 atom stereocenters. The van der Waals surface area contributed by atoms with Gasteiger partial charge in [0.1, 0.15) is 10.8 Å². The molecule has 12 heteroatoms. The van der Waals surface area contributed by atoms with Crippen molar-refractivity contribution in [2.75, 3.05) is 32.8 Å². The van der Waals surface area contributed by atoms with Gasteiger partial charge in [-0.05, 0) is 31.2 Å². The topological polar surface area (TPSA) is 90.4 Å². The lowest BCUT2D eigenvalue weighted by Crippen LogP contribution is -2.38. The Balaban J connectivity index is 1.39. The van der Waals surface area contributed by atoms with Crippen molar-refractivity contribution in [2.24, 2.45) is 0 Å². The lowest BCUT2D eigenvalue weighted by Gasteiger charge is -2.27. The number of hydrogen-bond acceptors (Lipinski definition) is 9. The Morgan fingerprint density at radius 3 is 2.73 bits per heavy atom. The van der Waals surface area contributed by atoms with Crippen LogP contribution >= 0.6 is 23.1 Å². The summed E-state index contributed by atoms with van der Waals surface area (Å²) < 4.78 is 22.3. The van der Waals surface area contributed by atoms with Gasteiger partial charge < -0.3 is 9.30 Å². The molecule has 0 saturated carbocycles. The molecule has 5 rings (SSSR count). The van der Waals surface area contributed by atoms with Crippen molar-refractivity contribution >= 4 is 28.1 Å². The van der Waals surface area contributed by atoms with Gasteiger partial charge in [0.2, 0.25) is 4.96 Å². The van der Waals surface area contributed by atoms with Crippen LogP contribution < -0.4 is 5.56 Å². The van der Waals surface area contributed by atoms with E-state index in [0.29, 0.717) is 28.8 Å². The first-order chi connectivity index (χ1) is 16.1. The molecule has 0 amide bonds. The predicted octanol–water partition coefficient (Wildman–Crippen LogP) is 2.48. The van der Waals surface area contributed by atoms with Gasteiger partial charge in [0.15, 0.2) is 11.0 Å². The maximum absolute atomic E-state index is 13.4. The van der Waals surface area contributed by atoms with E-state index in [0.717, 1.165) is 48.6 Å². The molecule has 0 bridgehead atoms. The lowest BCUT2D eigenvalue weighted by atomic mass is 10.2. The Kier molecular flexibility index (Phi) is 6.49. The van der Waals surface area contributed by atoms with Crippen LogP contribution in [0.4, 0.5) is 4.39 Å². The van der Waals surface area contributed by atoms with Gasteiger partial charge in [0, 0.05) is 43.5 Å². The molecule has 0 unspecified atom stereocenters. The summed E-state index contributed by atoms with van der Waals surface area (Å²) >= 11 is 2.90. The van der Waals surface area contributed by atoms with Crippen molar-refractivity contribution in [3.8, 4) is 11.4 Å². The number of thioether (sulfide) groups is 1. The zero-order valence-electron chi connectivity index (χ0n) is 18.0. The standard InChI is InChI=1S/C21H22FN7O2S2/c1-14-12-18(30)29-20(23-14)33-17(26-29)13-32-21-25-24-19(15-2-4-16(22)5-3-15)28(21)7-6-27-8-10-31-11-9-27/h2-5,12H,6-11,13H2,1H3. The molecule has 4 aromatic rings. The molecule has 1 aromatic carbocycles. The third-order valence-electron chi connectivity index (χ3n) is 5.30. The number of ether oxygens (including phenoxy) is 1. The number of benzene rings is 1. The summed E-state index contributed by atoms with van der Waals surface area (Å²) in [6.45, 7) is 6.58. The van der Waals surface area contributed by atoms with Gasteiger partial charge in [-0.1, -0.05) is 23.1 Å². The smallest absolute Gasteiger partial charge is 0.275 e. The van der Waals surface area contributed by atoms with Crippen molar-refractivity contribution in [2.45, 2.75) is 24.4 Å². The normalized spacial score (nSPS) is 14.8. The summed E-state index contributed by atoms with van der Waals surface area (Å²) in [6, 6.07) is 7.76. The van der Waals surface area contributed by atoms with Crippen LogP contribution in [-0.4, -0.2) is 67.1 Å². The molecule has 0 N–H and O–H groups in total. The Bertz CT molecular complexity index is 1310. The number of hydrogen-bond donors (Lipinski definition) is 0. The number of halogens is 1. The summed E-state index contributed by atoms with van der Waals surface area (Å²) in [4.78, 5) is 19.5. The Hall–Kier alpha value is -2.67. The average molecular weight is 488 g/mol. The number of aryl methyl sites for hydroxylation is 1. The first-order valence-corrected chi connectivity index (χ1v) is 12.4.